The normalized spacial score (nSPS) is 17.0. The number of aromatic nitrogens is 2. The summed E-state index contributed by atoms with van der Waals surface area (Å²) < 4.78 is 10.2. The molecule has 1 N–H and O–H groups in total. The highest BCUT2D eigenvalue weighted by atomic mass is 32.1. The van der Waals surface area contributed by atoms with E-state index in [4.69, 9.17) is 8.83 Å². The summed E-state index contributed by atoms with van der Waals surface area (Å²) in [7, 11) is 0. The third-order valence-electron chi connectivity index (χ3n) is 3.81. The van der Waals surface area contributed by atoms with Gasteiger partial charge in [0.2, 0.25) is 10.9 Å². The first-order valence-electron chi connectivity index (χ1n) is 7.34. The number of hydrogen-bond acceptors (Lipinski definition) is 10. The van der Waals surface area contributed by atoms with Crippen LogP contribution in [0.2, 0.25) is 0 Å². The summed E-state index contributed by atoms with van der Waals surface area (Å²) in [4.78, 5) is 36.6. The molecule has 0 bridgehead atoms. The van der Waals surface area contributed by atoms with Crippen LogP contribution in [0.1, 0.15) is 22.4 Å². The van der Waals surface area contributed by atoms with Crippen molar-refractivity contribution in [3.05, 3.63) is 69.0 Å². The van der Waals surface area contributed by atoms with Crippen LogP contribution in [0.4, 0.5) is 11.0 Å². The molecule has 3 aromatic rings. The number of Topliss-reactive ketones (excluding diaryl/α,β-unsaturated/α-hetero) is 1. The van der Waals surface area contributed by atoms with Gasteiger partial charge in [-0.05, 0) is 18.2 Å². The minimum absolute atomic E-state index is 0.0813. The lowest BCUT2D eigenvalue weighted by Gasteiger charge is -2.21. The van der Waals surface area contributed by atoms with Crippen LogP contribution in [-0.2, 0) is 4.79 Å². The van der Waals surface area contributed by atoms with Gasteiger partial charge in [-0.3, -0.25) is 24.6 Å². The van der Waals surface area contributed by atoms with Gasteiger partial charge in [-0.15, -0.1) is 10.2 Å². The zero-order valence-corrected chi connectivity index (χ0v) is 14.0. The van der Waals surface area contributed by atoms with E-state index in [9.17, 15) is 24.8 Å². The van der Waals surface area contributed by atoms with E-state index in [-0.39, 0.29) is 22.2 Å². The van der Waals surface area contributed by atoms with Gasteiger partial charge in [0.15, 0.2) is 11.5 Å². The van der Waals surface area contributed by atoms with Gasteiger partial charge in [-0.2, -0.15) is 0 Å². The van der Waals surface area contributed by atoms with Crippen molar-refractivity contribution in [3.63, 3.8) is 0 Å². The summed E-state index contributed by atoms with van der Waals surface area (Å²) in [5, 5.41) is 28.8. The van der Waals surface area contributed by atoms with E-state index in [0.717, 1.165) is 22.3 Å². The molecule has 0 fully saturated rings. The van der Waals surface area contributed by atoms with E-state index in [0.29, 0.717) is 0 Å². The molecule has 1 atom stereocenters. The maximum atomic E-state index is 12.8. The minimum atomic E-state index is -1.27. The van der Waals surface area contributed by atoms with Crippen LogP contribution in [0.25, 0.3) is 0 Å². The Balaban J connectivity index is 1.87. The maximum absolute atomic E-state index is 12.8. The second-order valence-corrected chi connectivity index (χ2v) is 6.11. The number of aliphatic hydroxyl groups is 1. The molecule has 4 rings (SSSR count). The van der Waals surface area contributed by atoms with Gasteiger partial charge in [-0.25, -0.2) is 0 Å². The van der Waals surface area contributed by atoms with Gasteiger partial charge in [0, 0.05) is 0 Å². The average Bonchev–Trinajstić information content (AvgIpc) is 3.43. The van der Waals surface area contributed by atoms with E-state index in [1.54, 1.807) is 0 Å². The Morgan fingerprint density at radius 2 is 2.19 bits per heavy atom. The molecule has 0 aliphatic carbocycles. The Bertz CT molecular complexity index is 1070. The van der Waals surface area contributed by atoms with Crippen molar-refractivity contribution in [3.8, 4) is 0 Å². The molecule has 1 amide bonds. The summed E-state index contributed by atoms with van der Waals surface area (Å²) >= 11 is 0.984. The summed E-state index contributed by atoms with van der Waals surface area (Å²) in [5.74, 6) is -3.28. The number of hydrogen-bond donors (Lipinski definition) is 1. The Hall–Kier alpha value is -3.80. The number of nitro groups is 1. The SMILES string of the molecule is O=C(C1=C(O)C(=O)N(c2nncs2)C1c1ccc([N+](=O)[O-])o1)c1ccco1. The molecule has 0 aromatic carbocycles. The third-order valence-corrected chi connectivity index (χ3v) is 4.50. The van der Waals surface area contributed by atoms with Crippen molar-refractivity contribution in [1.82, 2.24) is 10.2 Å². The number of furan rings is 2. The summed E-state index contributed by atoms with van der Waals surface area (Å²) in [6, 6.07) is 3.90. The number of rotatable bonds is 5. The molecule has 1 aliphatic rings. The lowest BCUT2D eigenvalue weighted by molar-refractivity contribution is -0.402. The van der Waals surface area contributed by atoms with Crippen molar-refractivity contribution >= 4 is 34.0 Å². The van der Waals surface area contributed by atoms with Crippen molar-refractivity contribution < 1.29 is 28.5 Å². The average molecular weight is 388 g/mol. The van der Waals surface area contributed by atoms with Gasteiger partial charge in [0.25, 0.3) is 5.91 Å². The lowest BCUT2D eigenvalue weighted by Crippen LogP contribution is -2.30. The Morgan fingerprint density at radius 3 is 2.78 bits per heavy atom. The van der Waals surface area contributed by atoms with Crippen LogP contribution in [0.5, 0.6) is 0 Å². The molecule has 0 saturated heterocycles. The Morgan fingerprint density at radius 1 is 1.37 bits per heavy atom. The van der Waals surface area contributed by atoms with E-state index < -0.39 is 34.3 Å². The standard InChI is InChI=1S/C15H8N4O7S/c20-12(8-2-1-5-25-8)10-11(7-3-4-9(26-7)19(23)24)18(14(22)13(10)21)15-17-16-6-27-15/h1-6,11,21H. The van der Waals surface area contributed by atoms with Crippen molar-refractivity contribution in [2.45, 2.75) is 6.04 Å². The van der Waals surface area contributed by atoms with Crippen LogP contribution in [0.15, 0.2) is 56.2 Å². The van der Waals surface area contributed by atoms with Gasteiger partial charge >= 0.3 is 5.88 Å². The van der Waals surface area contributed by atoms with Gasteiger partial charge in [0.1, 0.15) is 22.2 Å². The van der Waals surface area contributed by atoms with E-state index >= 15 is 0 Å². The monoisotopic (exact) mass is 388 g/mol. The van der Waals surface area contributed by atoms with Crippen LogP contribution in [0.3, 0.4) is 0 Å². The van der Waals surface area contributed by atoms with Crippen LogP contribution in [0, 0.1) is 10.1 Å². The smallest absolute Gasteiger partial charge is 0.433 e. The van der Waals surface area contributed by atoms with Gasteiger partial charge in [-0.1, -0.05) is 11.3 Å². The fourth-order valence-electron chi connectivity index (χ4n) is 2.70. The fraction of sp³-hybridized carbons (Fsp3) is 0.0667. The number of amides is 1. The largest absolute Gasteiger partial charge is 0.503 e. The second kappa shape index (κ2) is 6.17. The molecule has 4 heterocycles. The van der Waals surface area contributed by atoms with E-state index in [1.807, 2.05) is 0 Å². The first kappa shape index (κ1) is 16.7. The highest BCUT2D eigenvalue weighted by Crippen LogP contribution is 2.43. The molecule has 3 aromatic heterocycles. The molecule has 1 unspecified atom stereocenters. The Labute approximate surface area is 153 Å². The molecular weight excluding hydrogens is 380 g/mol. The molecule has 12 heteroatoms. The predicted molar refractivity (Wildman–Crippen MR) is 88.2 cm³/mol. The molecule has 27 heavy (non-hydrogen) atoms. The minimum Gasteiger partial charge on any atom is -0.503 e. The number of ketones is 1. The first-order chi connectivity index (χ1) is 13.0. The van der Waals surface area contributed by atoms with Crippen molar-refractivity contribution in [2.24, 2.45) is 0 Å². The number of carbonyl (C=O) groups excluding carboxylic acids is 2. The fourth-order valence-corrected chi connectivity index (χ4v) is 3.29. The molecule has 0 saturated carbocycles. The van der Waals surface area contributed by atoms with E-state index in [1.165, 1.54) is 30.0 Å². The number of nitrogens with zero attached hydrogens (tertiary/aromatic N) is 4. The maximum Gasteiger partial charge on any atom is 0.433 e. The summed E-state index contributed by atoms with van der Waals surface area (Å²) in [6.45, 7) is 0. The molecule has 136 valence electrons. The highest BCUT2D eigenvalue weighted by Gasteiger charge is 2.48. The van der Waals surface area contributed by atoms with Gasteiger partial charge in [0.05, 0.1) is 17.9 Å². The quantitative estimate of drug-likeness (QED) is 0.394. The molecule has 11 nitrogen and oxygen atoms in total. The van der Waals surface area contributed by atoms with Gasteiger partial charge < -0.3 is 13.9 Å². The van der Waals surface area contributed by atoms with Crippen LogP contribution >= 0.6 is 11.3 Å². The molecule has 0 spiro atoms. The number of carbonyl (C=O) groups is 2. The topological polar surface area (TPSA) is 153 Å². The van der Waals surface area contributed by atoms with E-state index in [2.05, 4.69) is 10.2 Å². The zero-order chi connectivity index (χ0) is 19.1. The van der Waals surface area contributed by atoms with Crippen molar-refractivity contribution in [1.29, 1.82) is 0 Å². The lowest BCUT2D eigenvalue weighted by atomic mass is 10.00. The predicted octanol–water partition coefficient (Wildman–Crippen LogP) is 2.42. The summed E-state index contributed by atoms with van der Waals surface area (Å²) in [5.41, 5.74) is 1.02. The highest BCUT2D eigenvalue weighted by molar-refractivity contribution is 7.13. The molecular formula is C15H8N4O7S. The summed E-state index contributed by atoms with van der Waals surface area (Å²) in [6.07, 6.45) is 1.26. The molecule has 0 radical (unpaired) electrons. The number of aliphatic hydroxyl groups excluding tert-OH is 1. The third kappa shape index (κ3) is 2.58. The van der Waals surface area contributed by atoms with Crippen molar-refractivity contribution in [2.75, 3.05) is 4.90 Å². The van der Waals surface area contributed by atoms with Crippen LogP contribution in [-0.4, -0.2) is 31.9 Å². The number of anilines is 1. The van der Waals surface area contributed by atoms with Crippen LogP contribution < -0.4 is 4.90 Å². The first-order valence-corrected chi connectivity index (χ1v) is 8.22. The second-order valence-electron chi connectivity index (χ2n) is 5.30. The Kier molecular flexibility index (Phi) is 3.81. The molecule has 1 aliphatic heterocycles. The zero-order valence-electron chi connectivity index (χ0n) is 13.1.